The zero-order valence-electron chi connectivity index (χ0n) is 15.1. The highest BCUT2D eigenvalue weighted by molar-refractivity contribution is 7.92. The van der Waals surface area contributed by atoms with Crippen molar-refractivity contribution in [2.75, 3.05) is 37.1 Å². The van der Waals surface area contributed by atoms with Crippen LogP contribution < -0.4 is 23.8 Å². The Morgan fingerprint density at radius 3 is 2.61 bits per heavy atom. The Morgan fingerprint density at radius 2 is 1.89 bits per heavy atom. The Hall–Kier alpha value is -2.65. The van der Waals surface area contributed by atoms with Crippen LogP contribution in [-0.2, 0) is 14.8 Å². The van der Waals surface area contributed by atoms with E-state index < -0.39 is 15.9 Å². The van der Waals surface area contributed by atoms with Crippen molar-refractivity contribution in [2.45, 2.75) is 0 Å². The van der Waals surface area contributed by atoms with E-state index in [9.17, 15) is 13.2 Å². The average molecular weight is 427 g/mol. The molecule has 0 spiro atoms. The molecule has 8 nitrogen and oxygen atoms in total. The van der Waals surface area contributed by atoms with Gasteiger partial charge in [0.25, 0.3) is 0 Å². The molecule has 28 heavy (non-hydrogen) atoms. The van der Waals surface area contributed by atoms with Crippen LogP contribution in [0.1, 0.15) is 0 Å². The molecule has 2 aromatic carbocycles. The minimum atomic E-state index is -3.68. The predicted molar refractivity (Wildman–Crippen MR) is 105 cm³/mol. The van der Waals surface area contributed by atoms with Crippen LogP contribution in [0.25, 0.3) is 0 Å². The molecular formula is C18H19ClN2O6S. The number of halogens is 1. The molecule has 1 amide bonds. The van der Waals surface area contributed by atoms with Gasteiger partial charge in [-0.2, -0.15) is 0 Å². The minimum Gasteiger partial charge on any atom is -0.492 e. The summed E-state index contributed by atoms with van der Waals surface area (Å²) >= 11 is 5.80. The normalized spacial score (nSPS) is 12.5. The van der Waals surface area contributed by atoms with Crippen molar-refractivity contribution in [2.24, 2.45) is 0 Å². The Morgan fingerprint density at radius 1 is 1.18 bits per heavy atom. The molecule has 0 radical (unpaired) electrons. The topological polar surface area (TPSA) is 94.2 Å². The molecule has 0 atom stereocenters. The van der Waals surface area contributed by atoms with Crippen LogP contribution in [-0.4, -0.2) is 47.1 Å². The second-order valence-electron chi connectivity index (χ2n) is 5.96. The van der Waals surface area contributed by atoms with Gasteiger partial charge in [-0.3, -0.25) is 9.10 Å². The number of ether oxygens (including phenoxy) is 3. The first kappa shape index (κ1) is 20.1. The number of anilines is 1. The third kappa shape index (κ3) is 5.20. The van der Waals surface area contributed by atoms with Crippen LogP contribution in [0.4, 0.5) is 5.69 Å². The summed E-state index contributed by atoms with van der Waals surface area (Å²) in [5, 5.41) is 3.24. The molecule has 10 heteroatoms. The summed E-state index contributed by atoms with van der Waals surface area (Å²) in [6.07, 6.45) is 1.04. The van der Waals surface area contributed by atoms with Gasteiger partial charge in [0.05, 0.1) is 18.5 Å². The Labute approximate surface area is 168 Å². The Balaban J connectivity index is 1.55. The Bertz CT molecular complexity index is 949. The molecule has 3 rings (SSSR count). The molecule has 1 heterocycles. The van der Waals surface area contributed by atoms with E-state index in [4.69, 9.17) is 25.8 Å². The summed E-state index contributed by atoms with van der Waals surface area (Å²) < 4.78 is 41.3. The van der Waals surface area contributed by atoms with Crippen LogP contribution >= 0.6 is 11.6 Å². The molecule has 0 saturated carbocycles. The molecule has 0 saturated heterocycles. The molecule has 2 aromatic rings. The van der Waals surface area contributed by atoms with E-state index in [1.165, 1.54) is 6.07 Å². The lowest BCUT2D eigenvalue weighted by Crippen LogP contribution is -2.41. The lowest BCUT2D eigenvalue weighted by atomic mass is 10.3. The maximum absolute atomic E-state index is 12.2. The maximum Gasteiger partial charge on any atom is 0.240 e. The van der Waals surface area contributed by atoms with Gasteiger partial charge >= 0.3 is 0 Å². The third-order valence-corrected chi connectivity index (χ3v) is 5.23. The van der Waals surface area contributed by atoms with Crippen LogP contribution in [0.5, 0.6) is 17.2 Å². The number of fused-ring (bicyclic) bond motifs is 1. The highest BCUT2D eigenvalue weighted by Crippen LogP contribution is 2.36. The fourth-order valence-electron chi connectivity index (χ4n) is 2.52. The zero-order chi connectivity index (χ0) is 20.1. The standard InChI is InChI=1S/C18H19ClN2O6S/c1-28(23,24)21(14-4-7-16-17(10-14)27-12-26-16)11-18(22)20-8-9-25-15-5-2-13(19)3-6-15/h2-7,10H,8-9,11-12H2,1H3,(H,20,22). The molecule has 1 aliphatic rings. The molecule has 0 unspecified atom stereocenters. The molecule has 1 N–H and O–H groups in total. The largest absolute Gasteiger partial charge is 0.492 e. The number of nitrogens with one attached hydrogen (secondary N) is 1. The van der Waals surface area contributed by atoms with Crippen molar-refractivity contribution in [1.29, 1.82) is 0 Å². The van der Waals surface area contributed by atoms with Crippen molar-refractivity contribution >= 4 is 33.2 Å². The van der Waals surface area contributed by atoms with Crippen molar-refractivity contribution in [3.8, 4) is 17.2 Å². The van der Waals surface area contributed by atoms with Gasteiger partial charge < -0.3 is 19.5 Å². The number of hydrogen-bond donors (Lipinski definition) is 1. The highest BCUT2D eigenvalue weighted by atomic mass is 35.5. The number of carbonyl (C=O) groups excluding carboxylic acids is 1. The van der Waals surface area contributed by atoms with Gasteiger partial charge in [-0.05, 0) is 36.4 Å². The number of sulfonamides is 1. The molecule has 150 valence electrons. The number of rotatable bonds is 8. The van der Waals surface area contributed by atoms with E-state index in [0.29, 0.717) is 28.0 Å². The fraction of sp³-hybridized carbons (Fsp3) is 0.278. The van der Waals surface area contributed by atoms with E-state index in [1.807, 2.05) is 0 Å². The molecule has 0 aliphatic carbocycles. The van der Waals surface area contributed by atoms with Crippen molar-refractivity contribution in [3.05, 3.63) is 47.5 Å². The van der Waals surface area contributed by atoms with Crippen LogP contribution in [0.15, 0.2) is 42.5 Å². The number of hydrogen-bond acceptors (Lipinski definition) is 6. The third-order valence-electron chi connectivity index (χ3n) is 3.84. The first-order valence-corrected chi connectivity index (χ1v) is 10.6. The second kappa shape index (κ2) is 8.57. The van der Waals surface area contributed by atoms with Gasteiger partial charge in [0.15, 0.2) is 11.5 Å². The number of amides is 1. The van der Waals surface area contributed by atoms with Crippen LogP contribution in [0, 0.1) is 0 Å². The fourth-order valence-corrected chi connectivity index (χ4v) is 3.49. The van der Waals surface area contributed by atoms with E-state index in [1.54, 1.807) is 36.4 Å². The van der Waals surface area contributed by atoms with Crippen molar-refractivity contribution in [3.63, 3.8) is 0 Å². The summed E-state index contributed by atoms with van der Waals surface area (Å²) in [4.78, 5) is 12.2. The number of benzene rings is 2. The zero-order valence-corrected chi connectivity index (χ0v) is 16.6. The first-order valence-electron chi connectivity index (χ1n) is 8.35. The predicted octanol–water partition coefficient (Wildman–Crippen LogP) is 2.03. The smallest absolute Gasteiger partial charge is 0.240 e. The summed E-state index contributed by atoms with van der Waals surface area (Å²) in [7, 11) is -3.68. The quantitative estimate of drug-likeness (QED) is 0.649. The summed E-state index contributed by atoms with van der Waals surface area (Å²) in [5.74, 6) is 1.13. The van der Waals surface area contributed by atoms with Crippen LogP contribution in [0.2, 0.25) is 5.02 Å². The molecule has 0 aromatic heterocycles. The van der Waals surface area contributed by atoms with E-state index in [2.05, 4.69) is 5.32 Å². The minimum absolute atomic E-state index is 0.0752. The first-order chi connectivity index (χ1) is 13.3. The van der Waals surface area contributed by atoms with Gasteiger partial charge in [-0.15, -0.1) is 0 Å². The molecule has 0 bridgehead atoms. The Kier molecular flexibility index (Phi) is 6.15. The van der Waals surface area contributed by atoms with E-state index >= 15 is 0 Å². The second-order valence-corrected chi connectivity index (χ2v) is 8.30. The number of carbonyl (C=O) groups is 1. The van der Waals surface area contributed by atoms with E-state index in [-0.39, 0.29) is 26.5 Å². The summed E-state index contributed by atoms with van der Waals surface area (Å²) in [6, 6.07) is 11.5. The van der Waals surface area contributed by atoms with Gasteiger partial charge in [0, 0.05) is 11.1 Å². The van der Waals surface area contributed by atoms with Crippen LogP contribution in [0.3, 0.4) is 0 Å². The average Bonchev–Trinajstić information content (AvgIpc) is 3.11. The maximum atomic E-state index is 12.2. The highest BCUT2D eigenvalue weighted by Gasteiger charge is 2.23. The van der Waals surface area contributed by atoms with Crippen molar-refractivity contribution < 1.29 is 27.4 Å². The summed E-state index contributed by atoms with van der Waals surface area (Å²) in [6.45, 7) is 0.168. The summed E-state index contributed by atoms with van der Waals surface area (Å²) in [5.41, 5.74) is 0.319. The monoisotopic (exact) mass is 426 g/mol. The van der Waals surface area contributed by atoms with Gasteiger partial charge in [0.1, 0.15) is 18.9 Å². The van der Waals surface area contributed by atoms with Gasteiger partial charge in [-0.1, -0.05) is 11.6 Å². The molecular weight excluding hydrogens is 408 g/mol. The lowest BCUT2D eigenvalue weighted by Gasteiger charge is -2.22. The SMILES string of the molecule is CS(=O)(=O)N(CC(=O)NCCOc1ccc(Cl)cc1)c1ccc2c(c1)OCO2. The molecule has 1 aliphatic heterocycles. The van der Waals surface area contributed by atoms with Gasteiger partial charge in [-0.25, -0.2) is 8.42 Å². The number of nitrogens with zero attached hydrogens (tertiary/aromatic N) is 1. The van der Waals surface area contributed by atoms with Gasteiger partial charge in [0.2, 0.25) is 22.7 Å². The lowest BCUT2D eigenvalue weighted by molar-refractivity contribution is -0.119. The van der Waals surface area contributed by atoms with Crippen molar-refractivity contribution in [1.82, 2.24) is 5.32 Å². The molecule has 0 fully saturated rings. The van der Waals surface area contributed by atoms with E-state index in [0.717, 1.165) is 10.6 Å².